The average Bonchev–Trinajstić information content (AvgIpc) is 2.66. The Kier molecular flexibility index (Phi) is 5.92. The van der Waals surface area contributed by atoms with Crippen molar-refractivity contribution in [3.63, 3.8) is 0 Å². The molecule has 3 saturated heterocycles. The Morgan fingerprint density at radius 3 is 2.64 bits per heavy atom. The van der Waals surface area contributed by atoms with Crippen molar-refractivity contribution in [2.75, 3.05) is 19.6 Å². The van der Waals surface area contributed by atoms with Gasteiger partial charge in [-0.15, -0.1) is 0 Å². The monoisotopic (exact) mass is 343 g/mol. The van der Waals surface area contributed by atoms with E-state index in [4.69, 9.17) is 4.74 Å². The summed E-state index contributed by atoms with van der Waals surface area (Å²) in [5, 5.41) is 11.2. The fourth-order valence-electron chi connectivity index (χ4n) is 3.82. The number of hydrogen-bond donors (Lipinski definition) is 1. The zero-order valence-electron chi connectivity index (χ0n) is 15.1. The van der Waals surface area contributed by atoms with Gasteiger partial charge in [-0.25, -0.2) is 4.79 Å². The lowest BCUT2D eigenvalue weighted by atomic mass is 9.85. The molecule has 3 aliphatic rings. The molecule has 0 aliphatic carbocycles. The van der Waals surface area contributed by atoms with Gasteiger partial charge >= 0.3 is 5.97 Å². The van der Waals surface area contributed by atoms with Crippen molar-refractivity contribution in [2.24, 2.45) is 5.92 Å². The standard InChI is InChI=1S/C21H29NO3/c1-2-3-4-8-13-21(24,18-9-6-5-7-10-18)20(23)25-19-16-22-14-11-17(19)12-15-22/h5-10,13,17,19,24H,2-4,11-12,14-16H2,1H3/b13-8-/t19-,21-/m1/s1. The van der Waals surface area contributed by atoms with Gasteiger partial charge in [-0.3, -0.25) is 4.90 Å². The minimum Gasteiger partial charge on any atom is -0.458 e. The van der Waals surface area contributed by atoms with Crippen molar-refractivity contribution in [3.8, 4) is 0 Å². The lowest BCUT2D eigenvalue weighted by Gasteiger charge is -2.44. The summed E-state index contributed by atoms with van der Waals surface area (Å²) >= 11 is 0. The van der Waals surface area contributed by atoms with Gasteiger partial charge in [-0.2, -0.15) is 0 Å². The molecule has 3 aliphatic heterocycles. The van der Waals surface area contributed by atoms with Gasteiger partial charge < -0.3 is 9.84 Å². The third-order valence-electron chi connectivity index (χ3n) is 5.46. The zero-order valence-corrected chi connectivity index (χ0v) is 15.1. The Balaban J connectivity index is 1.76. The van der Waals surface area contributed by atoms with Crippen LogP contribution in [0, 0.1) is 5.92 Å². The number of benzene rings is 1. The fourth-order valence-corrected chi connectivity index (χ4v) is 3.82. The lowest BCUT2D eigenvalue weighted by Crippen LogP contribution is -2.53. The minimum absolute atomic E-state index is 0.103. The van der Waals surface area contributed by atoms with Gasteiger partial charge in [-0.1, -0.05) is 56.2 Å². The second kappa shape index (κ2) is 8.15. The number of fused-ring (bicyclic) bond motifs is 3. The molecule has 0 aromatic heterocycles. The van der Waals surface area contributed by atoms with Crippen LogP contribution in [0.25, 0.3) is 0 Å². The summed E-state index contributed by atoms with van der Waals surface area (Å²) in [6.07, 6.45) is 8.53. The SMILES string of the molecule is CCCC/C=C\[C@](O)(C(=O)O[C@@H]1CN2CCC1CC2)c1ccccc1. The summed E-state index contributed by atoms with van der Waals surface area (Å²) < 4.78 is 5.82. The summed E-state index contributed by atoms with van der Waals surface area (Å²) in [5.74, 6) is -0.122. The van der Waals surface area contributed by atoms with Gasteiger partial charge in [0.1, 0.15) is 6.10 Å². The topological polar surface area (TPSA) is 49.8 Å². The molecule has 136 valence electrons. The molecule has 3 fully saturated rings. The third-order valence-corrected chi connectivity index (χ3v) is 5.46. The van der Waals surface area contributed by atoms with E-state index in [1.807, 2.05) is 24.3 Å². The molecular formula is C21H29NO3. The van der Waals surface area contributed by atoms with Crippen LogP contribution in [0.3, 0.4) is 0 Å². The second-order valence-corrected chi connectivity index (χ2v) is 7.26. The average molecular weight is 343 g/mol. The maximum absolute atomic E-state index is 12.9. The highest BCUT2D eigenvalue weighted by Gasteiger charge is 2.42. The Bertz CT molecular complexity index is 592. The van der Waals surface area contributed by atoms with E-state index < -0.39 is 11.6 Å². The molecule has 0 unspecified atom stereocenters. The molecule has 0 spiro atoms. The van der Waals surface area contributed by atoms with Crippen molar-refractivity contribution >= 4 is 5.97 Å². The Labute approximate surface area is 150 Å². The maximum Gasteiger partial charge on any atom is 0.347 e. The van der Waals surface area contributed by atoms with E-state index in [-0.39, 0.29) is 6.10 Å². The predicted octanol–water partition coefficient (Wildman–Crippen LogP) is 3.26. The van der Waals surface area contributed by atoms with Crippen LogP contribution >= 0.6 is 0 Å². The van der Waals surface area contributed by atoms with Crippen LogP contribution in [0.15, 0.2) is 42.5 Å². The van der Waals surface area contributed by atoms with Crippen molar-refractivity contribution in [1.29, 1.82) is 0 Å². The van der Waals surface area contributed by atoms with Crippen LogP contribution in [-0.4, -0.2) is 41.7 Å². The number of ether oxygens (including phenoxy) is 1. The third kappa shape index (κ3) is 4.13. The molecule has 0 saturated carbocycles. The number of unbranched alkanes of at least 4 members (excludes halogenated alkanes) is 2. The van der Waals surface area contributed by atoms with E-state index in [0.29, 0.717) is 11.5 Å². The first-order valence-electron chi connectivity index (χ1n) is 9.52. The van der Waals surface area contributed by atoms with Crippen LogP contribution in [0.4, 0.5) is 0 Å². The number of carbonyl (C=O) groups excluding carboxylic acids is 1. The zero-order chi connectivity index (χ0) is 17.7. The van der Waals surface area contributed by atoms with Crippen LogP contribution < -0.4 is 0 Å². The first-order valence-corrected chi connectivity index (χ1v) is 9.52. The largest absolute Gasteiger partial charge is 0.458 e. The first kappa shape index (κ1) is 18.2. The number of carbonyl (C=O) groups is 1. The number of piperidine rings is 3. The minimum atomic E-state index is -1.71. The highest BCUT2D eigenvalue weighted by atomic mass is 16.6. The van der Waals surface area contributed by atoms with Crippen LogP contribution in [-0.2, 0) is 15.1 Å². The molecule has 2 bridgehead atoms. The van der Waals surface area contributed by atoms with E-state index in [1.54, 1.807) is 18.2 Å². The smallest absolute Gasteiger partial charge is 0.347 e. The van der Waals surface area contributed by atoms with Gasteiger partial charge in [0.25, 0.3) is 0 Å². The summed E-state index contributed by atoms with van der Waals surface area (Å²) in [7, 11) is 0. The highest BCUT2D eigenvalue weighted by molar-refractivity contribution is 5.83. The Morgan fingerprint density at radius 1 is 1.32 bits per heavy atom. The molecule has 25 heavy (non-hydrogen) atoms. The molecule has 4 nitrogen and oxygen atoms in total. The normalized spacial score (nSPS) is 28.0. The van der Waals surface area contributed by atoms with E-state index in [9.17, 15) is 9.90 Å². The van der Waals surface area contributed by atoms with Crippen LogP contribution in [0.1, 0.15) is 44.6 Å². The Morgan fingerprint density at radius 2 is 2.04 bits per heavy atom. The van der Waals surface area contributed by atoms with Gasteiger partial charge in [0, 0.05) is 6.54 Å². The summed E-state index contributed by atoms with van der Waals surface area (Å²) in [5.41, 5.74) is -1.14. The Hall–Kier alpha value is -1.65. The quantitative estimate of drug-likeness (QED) is 0.469. The molecule has 2 atom stereocenters. The molecule has 0 radical (unpaired) electrons. The van der Waals surface area contributed by atoms with Gasteiger partial charge in [-0.05, 0) is 49.9 Å². The molecule has 1 aromatic rings. The molecule has 0 amide bonds. The number of rotatable bonds is 7. The van der Waals surface area contributed by atoms with Crippen molar-refractivity contribution < 1.29 is 14.6 Å². The van der Waals surface area contributed by atoms with Crippen molar-refractivity contribution in [3.05, 3.63) is 48.0 Å². The number of hydrogen-bond acceptors (Lipinski definition) is 4. The van der Waals surface area contributed by atoms with Gasteiger partial charge in [0.15, 0.2) is 0 Å². The number of nitrogens with zero attached hydrogens (tertiary/aromatic N) is 1. The van der Waals surface area contributed by atoms with E-state index in [0.717, 1.165) is 51.7 Å². The van der Waals surface area contributed by atoms with Crippen LogP contribution in [0.5, 0.6) is 0 Å². The van der Waals surface area contributed by atoms with E-state index in [2.05, 4.69) is 11.8 Å². The van der Waals surface area contributed by atoms with E-state index >= 15 is 0 Å². The molecule has 3 heterocycles. The van der Waals surface area contributed by atoms with Crippen molar-refractivity contribution in [1.82, 2.24) is 4.90 Å². The lowest BCUT2D eigenvalue weighted by molar-refractivity contribution is -0.176. The summed E-state index contributed by atoms with van der Waals surface area (Å²) in [4.78, 5) is 15.3. The fraction of sp³-hybridized carbons (Fsp3) is 0.571. The molecular weight excluding hydrogens is 314 g/mol. The predicted molar refractivity (Wildman–Crippen MR) is 98.0 cm³/mol. The van der Waals surface area contributed by atoms with Gasteiger partial charge in [0.05, 0.1) is 0 Å². The highest BCUT2D eigenvalue weighted by Crippen LogP contribution is 2.32. The number of esters is 1. The number of aliphatic hydroxyl groups is 1. The molecule has 4 heteroatoms. The second-order valence-electron chi connectivity index (χ2n) is 7.26. The van der Waals surface area contributed by atoms with Crippen molar-refractivity contribution in [2.45, 2.75) is 50.7 Å². The molecule has 1 N–H and O–H groups in total. The summed E-state index contributed by atoms with van der Waals surface area (Å²) in [6.45, 7) is 5.11. The molecule has 4 rings (SSSR count). The van der Waals surface area contributed by atoms with E-state index in [1.165, 1.54) is 0 Å². The van der Waals surface area contributed by atoms with Gasteiger partial charge in [0.2, 0.25) is 5.60 Å². The first-order chi connectivity index (χ1) is 12.1. The maximum atomic E-state index is 12.9. The summed E-state index contributed by atoms with van der Waals surface area (Å²) in [6, 6.07) is 9.11. The number of allylic oxidation sites excluding steroid dienone is 1. The van der Waals surface area contributed by atoms with Crippen LogP contribution in [0.2, 0.25) is 0 Å². The molecule has 1 aromatic carbocycles.